The van der Waals surface area contributed by atoms with Crippen LogP contribution in [0.15, 0.2) is 23.1 Å². The van der Waals surface area contributed by atoms with Gasteiger partial charge in [0, 0.05) is 4.90 Å². The standard InChI is InChI=1S/C10H10N2O2S/c1-2-15-8-5-3-4-7(6-11)9(8)12-10(13)14/h3-5,12H,2H2,1H3,(H,13,14). The zero-order valence-electron chi connectivity index (χ0n) is 8.15. The summed E-state index contributed by atoms with van der Waals surface area (Å²) in [5.74, 6) is 0.823. The molecule has 0 aliphatic heterocycles. The van der Waals surface area contributed by atoms with Crippen LogP contribution < -0.4 is 5.32 Å². The molecule has 1 aromatic carbocycles. The number of para-hydroxylation sites is 1. The molecule has 0 aliphatic rings. The van der Waals surface area contributed by atoms with E-state index >= 15 is 0 Å². The summed E-state index contributed by atoms with van der Waals surface area (Å²) in [6.07, 6.45) is -1.16. The van der Waals surface area contributed by atoms with Crippen molar-refractivity contribution in [1.82, 2.24) is 0 Å². The lowest BCUT2D eigenvalue weighted by atomic mass is 10.2. The van der Waals surface area contributed by atoms with Gasteiger partial charge in [-0.05, 0) is 17.9 Å². The van der Waals surface area contributed by atoms with Gasteiger partial charge in [-0.15, -0.1) is 11.8 Å². The Morgan fingerprint density at radius 2 is 2.40 bits per heavy atom. The molecule has 15 heavy (non-hydrogen) atoms. The van der Waals surface area contributed by atoms with E-state index in [4.69, 9.17) is 10.4 Å². The van der Waals surface area contributed by atoms with Gasteiger partial charge >= 0.3 is 6.09 Å². The Kier molecular flexibility index (Phi) is 4.01. The quantitative estimate of drug-likeness (QED) is 0.771. The van der Waals surface area contributed by atoms with Crippen LogP contribution in [0, 0.1) is 11.3 Å². The van der Waals surface area contributed by atoms with Crippen LogP contribution in [0.1, 0.15) is 12.5 Å². The molecule has 0 atom stereocenters. The summed E-state index contributed by atoms with van der Waals surface area (Å²) in [7, 11) is 0. The number of hydrogen-bond acceptors (Lipinski definition) is 3. The molecule has 2 N–H and O–H groups in total. The first-order chi connectivity index (χ1) is 7.19. The van der Waals surface area contributed by atoms with Crippen LogP contribution in [-0.2, 0) is 0 Å². The third-order valence-electron chi connectivity index (χ3n) is 1.68. The molecule has 0 aliphatic carbocycles. The summed E-state index contributed by atoms with van der Waals surface area (Å²) in [6, 6.07) is 7.08. The second kappa shape index (κ2) is 5.27. The van der Waals surface area contributed by atoms with E-state index < -0.39 is 6.09 Å². The van der Waals surface area contributed by atoms with E-state index in [1.807, 2.05) is 13.0 Å². The van der Waals surface area contributed by atoms with E-state index in [-0.39, 0.29) is 0 Å². The Balaban J connectivity index is 3.15. The van der Waals surface area contributed by atoms with Crippen molar-refractivity contribution < 1.29 is 9.90 Å². The lowest BCUT2D eigenvalue weighted by molar-refractivity contribution is 0.209. The molecule has 0 heterocycles. The van der Waals surface area contributed by atoms with Crippen molar-refractivity contribution in [3.8, 4) is 6.07 Å². The number of rotatable bonds is 3. The average Bonchev–Trinajstić information content (AvgIpc) is 2.20. The van der Waals surface area contributed by atoms with Crippen LogP contribution in [-0.4, -0.2) is 17.0 Å². The number of benzene rings is 1. The first-order valence-corrected chi connectivity index (χ1v) is 5.33. The van der Waals surface area contributed by atoms with Crippen molar-refractivity contribution in [3.63, 3.8) is 0 Å². The Hall–Kier alpha value is -1.67. The van der Waals surface area contributed by atoms with Crippen molar-refractivity contribution in [2.45, 2.75) is 11.8 Å². The number of carboxylic acid groups (broad SMARTS) is 1. The maximum absolute atomic E-state index is 10.6. The molecule has 78 valence electrons. The highest BCUT2D eigenvalue weighted by Crippen LogP contribution is 2.29. The van der Waals surface area contributed by atoms with Crippen LogP contribution in [0.4, 0.5) is 10.5 Å². The largest absolute Gasteiger partial charge is 0.465 e. The monoisotopic (exact) mass is 222 g/mol. The van der Waals surface area contributed by atoms with E-state index in [0.717, 1.165) is 10.6 Å². The highest BCUT2D eigenvalue weighted by atomic mass is 32.2. The smallest absolute Gasteiger partial charge is 0.409 e. The number of nitriles is 1. The van der Waals surface area contributed by atoms with Crippen molar-refractivity contribution in [2.24, 2.45) is 0 Å². The second-order valence-electron chi connectivity index (χ2n) is 2.65. The van der Waals surface area contributed by atoms with Gasteiger partial charge in [-0.3, -0.25) is 5.32 Å². The zero-order valence-corrected chi connectivity index (χ0v) is 8.97. The normalized spacial score (nSPS) is 9.33. The highest BCUT2D eigenvalue weighted by molar-refractivity contribution is 7.99. The number of anilines is 1. The Bertz CT molecular complexity index is 412. The third kappa shape index (κ3) is 2.89. The predicted molar refractivity (Wildman–Crippen MR) is 59.2 cm³/mol. The van der Waals surface area contributed by atoms with Crippen molar-refractivity contribution >= 4 is 23.5 Å². The summed E-state index contributed by atoms with van der Waals surface area (Å²) in [5.41, 5.74) is 0.718. The van der Waals surface area contributed by atoms with Crippen LogP contribution in [0.25, 0.3) is 0 Å². The molecule has 5 heteroatoms. The molecule has 1 rings (SSSR count). The molecule has 0 spiro atoms. The Morgan fingerprint density at radius 3 is 2.93 bits per heavy atom. The Morgan fingerprint density at radius 1 is 1.67 bits per heavy atom. The highest BCUT2D eigenvalue weighted by Gasteiger charge is 2.10. The van der Waals surface area contributed by atoms with Gasteiger partial charge in [0.1, 0.15) is 6.07 Å². The van der Waals surface area contributed by atoms with E-state index in [2.05, 4.69) is 5.32 Å². The van der Waals surface area contributed by atoms with Gasteiger partial charge in [-0.1, -0.05) is 13.0 Å². The van der Waals surface area contributed by atoms with Crippen LogP contribution in [0.2, 0.25) is 0 Å². The van der Waals surface area contributed by atoms with E-state index in [9.17, 15) is 4.79 Å². The SMILES string of the molecule is CCSc1cccc(C#N)c1NC(=O)O. The number of hydrogen-bond donors (Lipinski definition) is 2. The summed E-state index contributed by atoms with van der Waals surface area (Å²) >= 11 is 1.50. The molecule has 0 saturated heterocycles. The van der Waals surface area contributed by atoms with Crippen LogP contribution >= 0.6 is 11.8 Å². The maximum Gasteiger partial charge on any atom is 0.409 e. The fraction of sp³-hybridized carbons (Fsp3) is 0.200. The Labute approximate surface area is 91.9 Å². The summed E-state index contributed by atoms with van der Waals surface area (Å²) in [5, 5.41) is 19.7. The zero-order chi connectivity index (χ0) is 11.3. The predicted octanol–water partition coefficient (Wildman–Crippen LogP) is 2.76. The van der Waals surface area contributed by atoms with E-state index in [1.54, 1.807) is 18.2 Å². The summed E-state index contributed by atoms with van der Waals surface area (Å²) in [6.45, 7) is 1.97. The number of thioether (sulfide) groups is 1. The lowest BCUT2D eigenvalue weighted by Crippen LogP contribution is -2.09. The first-order valence-electron chi connectivity index (χ1n) is 4.35. The third-order valence-corrected chi connectivity index (χ3v) is 2.62. The minimum absolute atomic E-state index is 0.343. The van der Waals surface area contributed by atoms with E-state index in [1.165, 1.54) is 11.8 Å². The minimum atomic E-state index is -1.16. The van der Waals surface area contributed by atoms with Gasteiger partial charge in [0.05, 0.1) is 11.3 Å². The van der Waals surface area contributed by atoms with Gasteiger partial charge in [-0.25, -0.2) is 4.79 Å². The van der Waals surface area contributed by atoms with Gasteiger partial charge in [0.25, 0.3) is 0 Å². The topological polar surface area (TPSA) is 73.1 Å². The molecular formula is C10H10N2O2S. The van der Waals surface area contributed by atoms with Crippen LogP contribution in [0.3, 0.4) is 0 Å². The molecule has 1 aromatic rings. The maximum atomic E-state index is 10.6. The molecule has 0 aromatic heterocycles. The number of amides is 1. The molecule has 0 saturated carbocycles. The average molecular weight is 222 g/mol. The minimum Gasteiger partial charge on any atom is -0.465 e. The molecule has 1 amide bonds. The fourth-order valence-electron chi connectivity index (χ4n) is 1.14. The first kappa shape index (κ1) is 11.4. The summed E-state index contributed by atoms with van der Waals surface area (Å²) < 4.78 is 0. The number of nitrogens with zero attached hydrogens (tertiary/aromatic N) is 1. The number of nitrogens with one attached hydrogen (secondary N) is 1. The molecule has 4 nitrogen and oxygen atoms in total. The second-order valence-corrected chi connectivity index (χ2v) is 3.96. The molecule has 0 fully saturated rings. The van der Waals surface area contributed by atoms with Gasteiger partial charge in [0.2, 0.25) is 0 Å². The lowest BCUT2D eigenvalue weighted by Gasteiger charge is -2.08. The number of carbonyl (C=O) groups is 1. The van der Waals surface area contributed by atoms with Crippen molar-refractivity contribution in [1.29, 1.82) is 5.26 Å². The molecule has 0 bridgehead atoms. The molecular weight excluding hydrogens is 212 g/mol. The fourth-order valence-corrected chi connectivity index (χ4v) is 1.93. The van der Waals surface area contributed by atoms with Gasteiger partial charge in [0.15, 0.2) is 0 Å². The van der Waals surface area contributed by atoms with E-state index in [0.29, 0.717) is 11.3 Å². The van der Waals surface area contributed by atoms with Gasteiger partial charge in [-0.2, -0.15) is 5.26 Å². The molecule has 0 radical (unpaired) electrons. The van der Waals surface area contributed by atoms with Gasteiger partial charge < -0.3 is 5.11 Å². The van der Waals surface area contributed by atoms with Crippen LogP contribution in [0.5, 0.6) is 0 Å². The van der Waals surface area contributed by atoms with Crippen molar-refractivity contribution in [3.05, 3.63) is 23.8 Å². The molecule has 0 unspecified atom stereocenters. The van der Waals surface area contributed by atoms with Crippen molar-refractivity contribution in [2.75, 3.05) is 11.1 Å². The summed E-state index contributed by atoms with van der Waals surface area (Å²) in [4.78, 5) is 11.3.